The zero-order valence-electron chi connectivity index (χ0n) is 32.3. The standard InChI is InChI=1S/C44H54O12/c1-24(2)40-21-29(22-51-37(47)27-16-10-7-11-17-27)43-32-35(40)54-44(55-40,56-43)30(46)20-14-6-5-9-15-25(3)31-26(4)34(52-38(48)28-18-12-8-13-19-28)42(50,33(31)43)39(49)41(23-45)36(32)53-41/h7-8,10-13,16-19,25-26,29-36,39,45-46,49-50H,1,5-6,9,14-15,20-23H2,2-4H3. The van der Waals surface area contributed by atoms with Crippen molar-refractivity contribution in [2.75, 3.05) is 13.2 Å². The molecule has 12 nitrogen and oxygen atoms in total. The predicted octanol–water partition coefficient (Wildman–Crippen LogP) is 4.33. The molecule has 4 aliphatic heterocycles. The van der Waals surface area contributed by atoms with Gasteiger partial charge in [0.05, 0.1) is 29.9 Å². The summed E-state index contributed by atoms with van der Waals surface area (Å²) in [7, 11) is 0. The van der Waals surface area contributed by atoms with Crippen LogP contribution in [0.4, 0.5) is 0 Å². The number of epoxide rings is 1. The fraction of sp³-hybridized carbons (Fsp3) is 0.636. The van der Waals surface area contributed by atoms with Gasteiger partial charge in [-0.3, -0.25) is 0 Å². The number of hydrogen-bond acceptors (Lipinski definition) is 12. The molecule has 2 spiro atoms. The third-order valence-corrected chi connectivity index (χ3v) is 14.9. The fourth-order valence-electron chi connectivity index (χ4n) is 12.4. The van der Waals surface area contributed by atoms with Crippen molar-refractivity contribution < 1.29 is 58.4 Å². The molecule has 0 aromatic heterocycles. The van der Waals surface area contributed by atoms with E-state index in [1.54, 1.807) is 54.6 Å². The van der Waals surface area contributed by atoms with Crippen LogP contribution in [0.15, 0.2) is 72.8 Å². The van der Waals surface area contributed by atoms with Gasteiger partial charge >= 0.3 is 17.9 Å². The van der Waals surface area contributed by atoms with Crippen LogP contribution in [0.25, 0.3) is 0 Å². The zero-order chi connectivity index (χ0) is 39.4. The number of ether oxygens (including phenoxy) is 6. The number of carbonyl (C=O) groups is 2. The van der Waals surface area contributed by atoms with E-state index >= 15 is 0 Å². The SMILES string of the molecule is C=C(C)C12CC(COC(=O)c3ccccc3)C34OC5(OC1C3C1OC1(CO)C(O)C1(O)C(OC(=O)c3ccccc3)C(C)C(C(C)CCCCCCC5O)C14)O2. The van der Waals surface area contributed by atoms with Crippen LogP contribution in [0.3, 0.4) is 0 Å². The lowest BCUT2D eigenvalue weighted by Gasteiger charge is -2.62. The van der Waals surface area contributed by atoms with E-state index in [1.807, 2.05) is 19.9 Å². The van der Waals surface area contributed by atoms with Gasteiger partial charge in [0.1, 0.15) is 47.3 Å². The second-order valence-electron chi connectivity index (χ2n) is 17.8. The van der Waals surface area contributed by atoms with Crippen LogP contribution in [-0.2, 0) is 28.4 Å². The van der Waals surface area contributed by atoms with E-state index in [0.717, 1.165) is 25.7 Å². The van der Waals surface area contributed by atoms with E-state index in [0.29, 0.717) is 24.0 Å². The number of benzene rings is 2. The Morgan fingerprint density at radius 1 is 0.875 bits per heavy atom. The van der Waals surface area contributed by atoms with E-state index in [1.165, 1.54) is 0 Å². The summed E-state index contributed by atoms with van der Waals surface area (Å²) in [5, 5.41) is 50.1. The third kappa shape index (κ3) is 5.12. The molecule has 0 radical (unpaired) electrons. The number of rotatable bonds is 7. The molecular weight excluding hydrogens is 720 g/mol. The first-order chi connectivity index (χ1) is 26.8. The van der Waals surface area contributed by atoms with Crippen molar-refractivity contribution in [3.8, 4) is 0 Å². The fourth-order valence-corrected chi connectivity index (χ4v) is 12.4. The summed E-state index contributed by atoms with van der Waals surface area (Å²) in [6.07, 6.45) is -1.51. The Morgan fingerprint density at radius 2 is 1.52 bits per heavy atom. The summed E-state index contributed by atoms with van der Waals surface area (Å²) < 4.78 is 40.4. The van der Waals surface area contributed by atoms with Crippen molar-refractivity contribution in [3.63, 3.8) is 0 Å². The molecule has 2 aromatic rings. The van der Waals surface area contributed by atoms with Gasteiger partial charge in [-0.2, -0.15) is 0 Å². The Balaban J connectivity index is 1.28. The topological polar surface area (TPSA) is 174 Å². The summed E-state index contributed by atoms with van der Waals surface area (Å²) in [6, 6.07) is 17.2. The van der Waals surface area contributed by atoms with Crippen molar-refractivity contribution in [1.82, 2.24) is 0 Å². The number of esters is 2. The van der Waals surface area contributed by atoms with Gasteiger partial charge in [0.15, 0.2) is 0 Å². The summed E-state index contributed by atoms with van der Waals surface area (Å²) in [5.41, 5.74) is -5.58. The predicted molar refractivity (Wildman–Crippen MR) is 199 cm³/mol. The number of aliphatic hydroxyl groups excluding tert-OH is 3. The minimum atomic E-state index is -2.27. The molecular formula is C44H54O12. The van der Waals surface area contributed by atoms with E-state index in [2.05, 4.69) is 13.5 Å². The van der Waals surface area contributed by atoms with E-state index in [-0.39, 0.29) is 24.5 Å². The summed E-state index contributed by atoms with van der Waals surface area (Å²) in [6.45, 7) is 9.43. The van der Waals surface area contributed by atoms with Gasteiger partial charge < -0.3 is 48.8 Å². The van der Waals surface area contributed by atoms with Gasteiger partial charge in [-0.25, -0.2) is 9.59 Å². The van der Waals surface area contributed by atoms with Crippen molar-refractivity contribution >= 4 is 11.9 Å². The van der Waals surface area contributed by atoms with Crippen LogP contribution in [0.5, 0.6) is 0 Å². The van der Waals surface area contributed by atoms with Crippen LogP contribution in [0, 0.1) is 35.5 Å². The molecule has 12 heteroatoms. The maximum atomic E-state index is 14.0. The Hall–Kier alpha value is -3.20. The lowest BCUT2D eigenvalue weighted by molar-refractivity contribution is -0.459. The molecule has 7 fully saturated rings. The van der Waals surface area contributed by atoms with E-state index in [9.17, 15) is 30.0 Å². The zero-order valence-corrected chi connectivity index (χ0v) is 32.3. The van der Waals surface area contributed by atoms with Crippen LogP contribution in [0.2, 0.25) is 0 Å². The second-order valence-corrected chi connectivity index (χ2v) is 17.8. The molecule has 16 unspecified atom stereocenters. The molecule has 302 valence electrons. The highest BCUT2D eigenvalue weighted by Gasteiger charge is 2.91. The van der Waals surface area contributed by atoms with Gasteiger partial charge in [0.2, 0.25) is 0 Å². The van der Waals surface area contributed by atoms with Crippen LogP contribution < -0.4 is 0 Å². The number of fused-ring (bicyclic) bond motifs is 1. The lowest BCUT2D eigenvalue weighted by Crippen LogP contribution is -2.75. The highest BCUT2D eigenvalue weighted by molar-refractivity contribution is 5.90. The third-order valence-electron chi connectivity index (χ3n) is 14.9. The first kappa shape index (κ1) is 38.3. The molecule has 9 rings (SSSR count). The first-order valence-corrected chi connectivity index (χ1v) is 20.4. The van der Waals surface area contributed by atoms with Gasteiger partial charge in [-0.05, 0) is 67.4 Å². The molecule has 4 N–H and O–H groups in total. The minimum Gasteiger partial charge on any atom is -0.462 e. The normalized spacial score (nSPS) is 47.3. The van der Waals surface area contributed by atoms with Gasteiger partial charge in [-0.1, -0.05) is 88.9 Å². The lowest BCUT2D eigenvalue weighted by atomic mass is 9.51. The molecule has 3 aliphatic carbocycles. The quantitative estimate of drug-likeness (QED) is 0.179. The molecule has 3 saturated carbocycles. The van der Waals surface area contributed by atoms with Crippen molar-refractivity contribution in [1.29, 1.82) is 0 Å². The molecule has 0 amide bonds. The average Bonchev–Trinajstić information content (AvgIpc) is 3.84. The number of carbonyl (C=O) groups excluding carboxylic acids is 2. The first-order valence-electron chi connectivity index (χ1n) is 20.4. The maximum Gasteiger partial charge on any atom is 0.338 e. The Morgan fingerprint density at radius 3 is 2.16 bits per heavy atom. The monoisotopic (exact) mass is 774 g/mol. The Bertz CT molecular complexity index is 1860. The summed E-state index contributed by atoms with van der Waals surface area (Å²) in [5.74, 6) is -6.91. The summed E-state index contributed by atoms with van der Waals surface area (Å²) in [4.78, 5) is 27.7. The molecule has 16 atom stereocenters. The van der Waals surface area contributed by atoms with Crippen LogP contribution in [-0.4, -0.2) is 104 Å². The Kier molecular flexibility index (Phi) is 9.19. The molecule has 56 heavy (non-hydrogen) atoms. The second kappa shape index (κ2) is 13.4. The van der Waals surface area contributed by atoms with Gasteiger partial charge in [0.25, 0.3) is 0 Å². The number of aliphatic hydroxyl groups is 4. The average molecular weight is 775 g/mol. The molecule has 2 aromatic carbocycles. The highest BCUT2D eigenvalue weighted by atomic mass is 16.9. The highest BCUT2D eigenvalue weighted by Crippen LogP contribution is 2.75. The van der Waals surface area contributed by atoms with Crippen LogP contribution in [0.1, 0.15) is 86.4 Å². The van der Waals surface area contributed by atoms with Crippen molar-refractivity contribution in [2.24, 2.45) is 35.5 Å². The van der Waals surface area contributed by atoms with Crippen LogP contribution >= 0.6 is 0 Å². The minimum absolute atomic E-state index is 0.0865. The van der Waals surface area contributed by atoms with Gasteiger partial charge in [-0.15, -0.1) is 0 Å². The summed E-state index contributed by atoms with van der Waals surface area (Å²) >= 11 is 0. The van der Waals surface area contributed by atoms with E-state index < -0.39 is 107 Å². The van der Waals surface area contributed by atoms with E-state index in [4.69, 9.17) is 28.4 Å². The number of hydrogen-bond donors (Lipinski definition) is 4. The molecule has 4 saturated heterocycles. The Labute approximate surface area is 327 Å². The molecule has 4 heterocycles. The smallest absolute Gasteiger partial charge is 0.338 e. The maximum absolute atomic E-state index is 14.0. The van der Waals surface area contributed by atoms with Crippen molar-refractivity contribution in [2.45, 2.75) is 125 Å². The molecule has 3 bridgehead atoms. The van der Waals surface area contributed by atoms with Gasteiger partial charge in [0, 0.05) is 17.8 Å². The van der Waals surface area contributed by atoms with Crippen molar-refractivity contribution in [3.05, 3.63) is 83.9 Å². The largest absolute Gasteiger partial charge is 0.462 e. The molecule has 7 aliphatic rings.